The molecular weight excluding hydrogens is 373 g/mol. The number of fused-ring (bicyclic) bond motifs is 2. The lowest BCUT2D eigenvalue weighted by Crippen LogP contribution is -2.46. The Morgan fingerprint density at radius 1 is 0.931 bits per heavy atom. The normalized spacial score (nSPS) is 23.0. The van der Waals surface area contributed by atoms with E-state index >= 15 is 0 Å². The maximum Gasteiger partial charge on any atom is 0.254 e. The number of amides is 1. The summed E-state index contributed by atoms with van der Waals surface area (Å²) < 4.78 is 29.4. The monoisotopic (exact) mass is 399 g/mol. The van der Waals surface area contributed by atoms with Gasteiger partial charge in [0.05, 0.1) is 21.3 Å². The fourth-order valence-electron chi connectivity index (χ4n) is 4.87. The first kappa shape index (κ1) is 19.6. The molecule has 2 aliphatic rings. The average molecular weight is 399 g/mol. The third kappa shape index (κ3) is 3.52. The molecule has 1 amide bonds. The van der Waals surface area contributed by atoms with Gasteiger partial charge in [0.25, 0.3) is 5.91 Å². The summed E-state index contributed by atoms with van der Waals surface area (Å²) in [5, 5.41) is 0. The first-order valence-electron chi connectivity index (χ1n) is 9.93. The van der Waals surface area contributed by atoms with Gasteiger partial charge < -0.3 is 19.1 Å². The van der Waals surface area contributed by atoms with E-state index in [4.69, 9.17) is 14.2 Å². The van der Waals surface area contributed by atoms with Crippen molar-refractivity contribution in [2.24, 2.45) is 0 Å². The van der Waals surface area contributed by atoms with Gasteiger partial charge in [0.15, 0.2) is 11.5 Å². The van der Waals surface area contributed by atoms with Crippen molar-refractivity contribution in [2.75, 3.05) is 21.3 Å². The minimum absolute atomic E-state index is 0.00527. The van der Waals surface area contributed by atoms with Crippen LogP contribution in [0.25, 0.3) is 0 Å². The van der Waals surface area contributed by atoms with Gasteiger partial charge in [0.1, 0.15) is 5.82 Å². The minimum Gasteiger partial charge on any atom is -0.493 e. The highest BCUT2D eigenvalue weighted by Crippen LogP contribution is 2.45. The highest BCUT2D eigenvalue weighted by molar-refractivity contribution is 5.96. The van der Waals surface area contributed by atoms with E-state index in [1.807, 2.05) is 17.0 Å². The number of nitrogens with zero attached hydrogens (tertiary/aromatic N) is 1. The van der Waals surface area contributed by atoms with Crippen LogP contribution in [0.3, 0.4) is 0 Å². The minimum atomic E-state index is -0.216. The van der Waals surface area contributed by atoms with Gasteiger partial charge in [-0.3, -0.25) is 4.79 Å². The van der Waals surface area contributed by atoms with Crippen molar-refractivity contribution < 1.29 is 23.4 Å². The zero-order valence-corrected chi connectivity index (χ0v) is 17.0. The highest BCUT2D eigenvalue weighted by Gasteiger charge is 2.44. The molecule has 0 saturated carbocycles. The van der Waals surface area contributed by atoms with Crippen molar-refractivity contribution in [3.8, 4) is 17.2 Å². The zero-order chi connectivity index (χ0) is 20.5. The lowest BCUT2D eigenvalue weighted by molar-refractivity contribution is 0.0570. The van der Waals surface area contributed by atoms with Crippen LogP contribution in [-0.2, 0) is 0 Å². The number of methoxy groups -OCH3 is 3. The summed E-state index contributed by atoms with van der Waals surface area (Å²) in [6.45, 7) is 0. The largest absolute Gasteiger partial charge is 0.493 e. The van der Waals surface area contributed by atoms with Crippen LogP contribution >= 0.6 is 0 Å². The summed E-state index contributed by atoms with van der Waals surface area (Å²) >= 11 is 0. The van der Waals surface area contributed by atoms with Crippen LogP contribution in [0.5, 0.6) is 17.2 Å². The second kappa shape index (κ2) is 7.93. The average Bonchev–Trinajstić information content (AvgIpc) is 3.01. The second-order valence-electron chi connectivity index (χ2n) is 7.73. The highest BCUT2D eigenvalue weighted by atomic mass is 19.1. The molecule has 3 atom stereocenters. The quantitative estimate of drug-likeness (QED) is 0.748. The van der Waals surface area contributed by atoms with Crippen LogP contribution in [0.15, 0.2) is 36.4 Å². The van der Waals surface area contributed by atoms with Gasteiger partial charge in [-0.2, -0.15) is 0 Å². The van der Waals surface area contributed by atoms with Crippen molar-refractivity contribution in [1.29, 1.82) is 0 Å². The van der Waals surface area contributed by atoms with Gasteiger partial charge in [-0.05, 0) is 61.4 Å². The number of carbonyl (C=O) groups is 1. The van der Waals surface area contributed by atoms with Crippen molar-refractivity contribution in [3.63, 3.8) is 0 Å². The van der Waals surface area contributed by atoms with Crippen LogP contribution in [0.1, 0.15) is 47.5 Å². The number of ether oxygens (including phenoxy) is 3. The fraction of sp³-hybridized carbons (Fsp3) is 0.435. The fourth-order valence-corrected chi connectivity index (χ4v) is 4.87. The van der Waals surface area contributed by atoms with Crippen molar-refractivity contribution in [2.45, 2.75) is 43.7 Å². The first-order valence-corrected chi connectivity index (χ1v) is 9.93. The number of hydrogen-bond donors (Lipinski definition) is 0. The SMILES string of the molecule is COc1cc(C(=O)N2[C@@H]3CC[C@H]2C[C@@H](c2ccc(F)cc2)C3)cc(OC)c1OC. The number of carbonyl (C=O) groups excluding carboxylic acids is 1. The molecule has 154 valence electrons. The van der Waals surface area contributed by atoms with Gasteiger partial charge in [0.2, 0.25) is 5.75 Å². The second-order valence-corrected chi connectivity index (χ2v) is 7.73. The summed E-state index contributed by atoms with van der Waals surface area (Å²) in [5.74, 6) is 1.56. The molecule has 0 unspecified atom stereocenters. The molecule has 0 radical (unpaired) electrons. The van der Waals surface area contributed by atoms with Gasteiger partial charge in [-0.1, -0.05) is 12.1 Å². The molecule has 2 aromatic carbocycles. The third-order valence-electron chi connectivity index (χ3n) is 6.22. The maximum atomic E-state index is 13.4. The molecule has 0 aromatic heterocycles. The van der Waals surface area contributed by atoms with Crippen LogP contribution in [0, 0.1) is 5.82 Å². The molecule has 6 heteroatoms. The number of rotatable bonds is 5. The Balaban J connectivity index is 1.58. The van der Waals surface area contributed by atoms with Crippen molar-refractivity contribution in [1.82, 2.24) is 4.90 Å². The molecule has 2 saturated heterocycles. The van der Waals surface area contributed by atoms with E-state index in [-0.39, 0.29) is 23.8 Å². The molecule has 29 heavy (non-hydrogen) atoms. The van der Waals surface area contributed by atoms with Crippen molar-refractivity contribution in [3.05, 3.63) is 53.3 Å². The number of halogens is 1. The predicted molar refractivity (Wildman–Crippen MR) is 107 cm³/mol. The van der Waals surface area contributed by atoms with E-state index in [2.05, 4.69) is 0 Å². The Morgan fingerprint density at radius 2 is 1.48 bits per heavy atom. The van der Waals surface area contributed by atoms with Crippen LogP contribution < -0.4 is 14.2 Å². The van der Waals surface area contributed by atoms with Gasteiger partial charge in [0, 0.05) is 17.6 Å². The van der Waals surface area contributed by atoms with Crippen LogP contribution in [0.2, 0.25) is 0 Å². The summed E-state index contributed by atoms with van der Waals surface area (Å²) in [4.78, 5) is 15.4. The maximum absolute atomic E-state index is 13.4. The van der Waals surface area contributed by atoms with Crippen molar-refractivity contribution >= 4 is 5.91 Å². The van der Waals surface area contributed by atoms with E-state index in [0.717, 1.165) is 31.2 Å². The molecule has 0 spiro atoms. The predicted octanol–water partition coefficient (Wildman–Crippen LogP) is 4.40. The lowest BCUT2D eigenvalue weighted by atomic mass is 9.84. The number of piperidine rings is 1. The van der Waals surface area contributed by atoms with Gasteiger partial charge in [-0.25, -0.2) is 4.39 Å². The Hall–Kier alpha value is -2.76. The van der Waals surface area contributed by atoms with E-state index in [1.54, 1.807) is 33.5 Å². The molecule has 0 N–H and O–H groups in total. The van der Waals surface area contributed by atoms with Gasteiger partial charge >= 0.3 is 0 Å². The molecule has 0 aliphatic carbocycles. The summed E-state index contributed by atoms with van der Waals surface area (Å²) in [5.41, 5.74) is 1.69. The third-order valence-corrected chi connectivity index (χ3v) is 6.22. The molecule has 2 fully saturated rings. The number of hydrogen-bond acceptors (Lipinski definition) is 4. The summed E-state index contributed by atoms with van der Waals surface area (Å²) in [6, 6.07) is 10.6. The van der Waals surface area contributed by atoms with E-state index in [9.17, 15) is 9.18 Å². The smallest absolute Gasteiger partial charge is 0.254 e. The molecule has 5 nitrogen and oxygen atoms in total. The summed E-state index contributed by atoms with van der Waals surface area (Å²) in [6.07, 6.45) is 3.80. The lowest BCUT2D eigenvalue weighted by Gasteiger charge is -2.39. The molecule has 2 aliphatic heterocycles. The van der Waals surface area contributed by atoms with E-state index in [0.29, 0.717) is 28.7 Å². The van der Waals surface area contributed by atoms with Crippen LogP contribution in [0.4, 0.5) is 4.39 Å². The van der Waals surface area contributed by atoms with Crippen LogP contribution in [-0.4, -0.2) is 44.2 Å². The van der Waals surface area contributed by atoms with Gasteiger partial charge in [-0.15, -0.1) is 0 Å². The summed E-state index contributed by atoms with van der Waals surface area (Å²) in [7, 11) is 4.63. The Bertz CT molecular complexity index is 859. The molecule has 2 aromatic rings. The number of benzene rings is 2. The Morgan fingerprint density at radius 3 is 1.97 bits per heavy atom. The Labute approximate surface area is 170 Å². The molecule has 2 heterocycles. The van der Waals surface area contributed by atoms with E-state index in [1.165, 1.54) is 12.1 Å². The van der Waals surface area contributed by atoms with E-state index < -0.39 is 0 Å². The molecular formula is C23H26FNO4. The standard InChI is InChI=1S/C23H26FNO4/c1-27-20-12-16(13-21(28-2)22(20)29-3)23(26)25-18-8-9-19(25)11-15(10-18)14-4-6-17(24)7-5-14/h4-7,12-13,15,18-19H,8-11H2,1-3H3/t15-,18+,19-. The molecule has 4 rings (SSSR count). The molecule has 2 bridgehead atoms. The zero-order valence-electron chi connectivity index (χ0n) is 17.0. The Kier molecular flexibility index (Phi) is 5.35. The topological polar surface area (TPSA) is 48.0 Å². The first-order chi connectivity index (χ1) is 14.0.